The second-order valence-corrected chi connectivity index (χ2v) is 12.2. The van der Waals surface area contributed by atoms with Gasteiger partial charge in [0.25, 0.3) is 6.01 Å². The number of aliphatic hydroxyl groups excluding tert-OH is 2. The van der Waals surface area contributed by atoms with Gasteiger partial charge in [-0.1, -0.05) is 30.7 Å². The molecular weight excluding hydrogens is 454 g/mol. The molecule has 1 aromatic carbocycles. The number of allylic oxidation sites excluding steroid dienone is 3. The van der Waals surface area contributed by atoms with Crippen LogP contribution >= 0.6 is 0 Å². The molecule has 7 nitrogen and oxygen atoms in total. The van der Waals surface area contributed by atoms with Crippen LogP contribution < -0.4 is 5.73 Å². The zero-order chi connectivity index (χ0) is 25.2. The summed E-state index contributed by atoms with van der Waals surface area (Å²) in [6, 6.07) is 6.23. The third-order valence-electron chi connectivity index (χ3n) is 10.1. The van der Waals surface area contributed by atoms with Gasteiger partial charge in [-0.2, -0.15) is 4.98 Å². The van der Waals surface area contributed by atoms with Gasteiger partial charge in [0.2, 0.25) is 0 Å². The van der Waals surface area contributed by atoms with Crippen LogP contribution in [0.25, 0.3) is 16.7 Å². The van der Waals surface area contributed by atoms with Crippen molar-refractivity contribution in [3.05, 3.63) is 52.6 Å². The molecule has 5 aliphatic rings. The Morgan fingerprint density at radius 3 is 2.78 bits per heavy atom. The van der Waals surface area contributed by atoms with Gasteiger partial charge >= 0.3 is 0 Å². The second-order valence-electron chi connectivity index (χ2n) is 12.2. The lowest BCUT2D eigenvalue weighted by Gasteiger charge is -2.56. The quantitative estimate of drug-likeness (QED) is 0.589. The molecule has 3 heterocycles. The number of rotatable bonds is 2. The maximum absolute atomic E-state index is 11.2. The SMILES string of the molecule is CC1=C2C=C3[C@@H](O)[C@H](O)[C@@H](N(C)C)C[C@]34CC[C@]2(O4)C2CC=C(c3ccc4oc(N)nc4c3)[C@@]2(C)C1. The largest absolute Gasteiger partial charge is 0.424 e. The van der Waals surface area contributed by atoms with Crippen LogP contribution in [0.4, 0.5) is 6.01 Å². The first-order chi connectivity index (χ1) is 17.1. The van der Waals surface area contributed by atoms with Crippen LogP contribution in [0.2, 0.25) is 0 Å². The van der Waals surface area contributed by atoms with E-state index >= 15 is 0 Å². The Bertz CT molecular complexity index is 1390. The van der Waals surface area contributed by atoms with Gasteiger partial charge in [-0.3, -0.25) is 0 Å². The maximum atomic E-state index is 11.2. The van der Waals surface area contributed by atoms with Crippen molar-refractivity contribution in [2.24, 2.45) is 11.3 Å². The van der Waals surface area contributed by atoms with Gasteiger partial charge in [0.1, 0.15) is 11.6 Å². The number of aromatic nitrogens is 1. The number of likely N-dealkylation sites (N-methyl/N-ethyl adjacent to an activating group) is 1. The van der Waals surface area contributed by atoms with Gasteiger partial charge < -0.3 is 30.0 Å². The number of nitrogens with two attached hydrogens (primary N) is 1. The molecule has 2 fully saturated rings. The highest BCUT2D eigenvalue weighted by Crippen LogP contribution is 2.69. The molecule has 36 heavy (non-hydrogen) atoms. The standard InChI is InChI=1S/C29H35N3O4/c1-15-13-27(2)17(16-5-7-22-20(11-16)31-26(30)35-22)6-8-23(27)29-10-9-28(36-29)14-21(32(3)4)25(34)24(33)19(28)12-18(15)29/h5-7,11-12,21,23-25,33-34H,8-10,13-14H2,1-4H3,(H2,30,31)/t21-,23?,24+,25+,27+,28+,29+/m0/s1. The lowest BCUT2D eigenvalue weighted by molar-refractivity contribution is -0.162. The predicted octanol–water partition coefficient (Wildman–Crippen LogP) is 3.82. The molecule has 3 aliphatic carbocycles. The number of nitrogens with zero attached hydrogens (tertiary/aromatic N) is 2. The van der Waals surface area contributed by atoms with Crippen molar-refractivity contribution >= 4 is 22.7 Å². The van der Waals surface area contributed by atoms with E-state index in [1.165, 1.54) is 16.7 Å². The Hall–Kier alpha value is -2.45. The summed E-state index contributed by atoms with van der Waals surface area (Å²) in [5, 5.41) is 22.1. The number of hydrogen-bond acceptors (Lipinski definition) is 7. The van der Waals surface area contributed by atoms with Crippen molar-refractivity contribution in [2.45, 2.75) is 75.4 Å². The van der Waals surface area contributed by atoms with Gasteiger partial charge in [0.15, 0.2) is 5.58 Å². The minimum atomic E-state index is -0.908. The van der Waals surface area contributed by atoms with Crippen LogP contribution in [0.5, 0.6) is 0 Å². The average Bonchev–Trinajstić information content (AvgIpc) is 3.46. The highest BCUT2D eigenvalue weighted by molar-refractivity contribution is 5.83. The highest BCUT2D eigenvalue weighted by atomic mass is 16.5. The van der Waals surface area contributed by atoms with Crippen LogP contribution in [0.3, 0.4) is 0 Å². The summed E-state index contributed by atoms with van der Waals surface area (Å²) in [5.41, 5.74) is 12.2. The van der Waals surface area contributed by atoms with Crippen LogP contribution in [0, 0.1) is 11.3 Å². The fourth-order valence-electron chi connectivity index (χ4n) is 8.56. The molecule has 2 bridgehead atoms. The number of benzene rings is 1. The molecule has 2 spiro atoms. The zero-order valence-corrected chi connectivity index (χ0v) is 21.4. The summed E-state index contributed by atoms with van der Waals surface area (Å²) in [6.45, 7) is 4.61. The topological polar surface area (TPSA) is 105 Å². The van der Waals surface area contributed by atoms with E-state index in [9.17, 15) is 10.2 Å². The number of oxazole rings is 1. The van der Waals surface area contributed by atoms with Crippen LogP contribution in [-0.2, 0) is 4.74 Å². The third kappa shape index (κ3) is 2.69. The van der Waals surface area contributed by atoms with E-state index in [4.69, 9.17) is 14.9 Å². The summed E-state index contributed by atoms with van der Waals surface area (Å²) >= 11 is 0. The number of anilines is 1. The zero-order valence-electron chi connectivity index (χ0n) is 21.4. The molecule has 4 N–H and O–H groups in total. The highest BCUT2D eigenvalue weighted by Gasteiger charge is 2.68. The molecule has 1 aromatic heterocycles. The summed E-state index contributed by atoms with van der Waals surface area (Å²) in [5.74, 6) is 0.302. The first kappa shape index (κ1) is 22.7. The molecule has 190 valence electrons. The molecule has 1 unspecified atom stereocenters. The van der Waals surface area contributed by atoms with Gasteiger partial charge in [-0.05, 0) is 87.5 Å². The van der Waals surface area contributed by atoms with Gasteiger partial charge in [0, 0.05) is 17.4 Å². The summed E-state index contributed by atoms with van der Waals surface area (Å²) in [4.78, 5) is 6.39. The number of hydrogen-bond donors (Lipinski definition) is 3. The van der Waals surface area contributed by atoms with Crippen LogP contribution in [0.15, 0.2) is 51.5 Å². The fourth-order valence-corrected chi connectivity index (χ4v) is 8.56. The van der Waals surface area contributed by atoms with Crippen LogP contribution in [0.1, 0.15) is 51.5 Å². The second kappa shape index (κ2) is 7.10. The number of ether oxygens (including phenoxy) is 1. The van der Waals surface area contributed by atoms with E-state index in [0.717, 1.165) is 42.3 Å². The smallest absolute Gasteiger partial charge is 0.292 e. The molecule has 1 saturated heterocycles. The minimum Gasteiger partial charge on any atom is -0.424 e. The number of fused-ring (bicyclic) bond motifs is 2. The van der Waals surface area contributed by atoms with Crippen molar-refractivity contribution in [2.75, 3.05) is 19.8 Å². The molecule has 2 aliphatic heterocycles. The van der Waals surface area contributed by atoms with Gasteiger partial charge in [0.05, 0.1) is 17.3 Å². The lowest BCUT2D eigenvalue weighted by Crippen LogP contribution is -2.62. The first-order valence-electron chi connectivity index (χ1n) is 13.1. The Morgan fingerprint density at radius 1 is 1.19 bits per heavy atom. The summed E-state index contributed by atoms with van der Waals surface area (Å²) in [6.07, 6.45) is 7.27. The lowest BCUT2D eigenvalue weighted by atomic mass is 9.56. The monoisotopic (exact) mass is 489 g/mol. The molecule has 2 aromatic rings. The molecule has 7 rings (SSSR count). The summed E-state index contributed by atoms with van der Waals surface area (Å²) < 4.78 is 12.8. The van der Waals surface area contributed by atoms with Crippen molar-refractivity contribution in [1.82, 2.24) is 9.88 Å². The molecule has 7 heteroatoms. The molecular formula is C29H35N3O4. The van der Waals surface area contributed by atoms with Gasteiger partial charge in [-0.25, -0.2) is 0 Å². The Balaban J connectivity index is 1.33. The first-order valence-corrected chi connectivity index (χ1v) is 13.1. The van der Waals surface area contributed by atoms with Crippen molar-refractivity contribution in [1.29, 1.82) is 0 Å². The molecule has 0 amide bonds. The fraction of sp³-hybridized carbons (Fsp3) is 0.552. The normalized spacial score (nSPS) is 41.3. The van der Waals surface area contributed by atoms with Crippen molar-refractivity contribution in [3.63, 3.8) is 0 Å². The van der Waals surface area contributed by atoms with E-state index < -0.39 is 17.8 Å². The third-order valence-corrected chi connectivity index (χ3v) is 10.1. The minimum absolute atomic E-state index is 0.0822. The predicted molar refractivity (Wildman–Crippen MR) is 138 cm³/mol. The Morgan fingerprint density at radius 2 is 2.00 bits per heavy atom. The van der Waals surface area contributed by atoms with Crippen molar-refractivity contribution in [3.8, 4) is 0 Å². The van der Waals surface area contributed by atoms with Gasteiger partial charge in [-0.15, -0.1) is 0 Å². The average molecular weight is 490 g/mol. The van der Waals surface area contributed by atoms with E-state index in [2.05, 4.69) is 43.1 Å². The van der Waals surface area contributed by atoms with Crippen molar-refractivity contribution < 1.29 is 19.4 Å². The molecule has 7 atom stereocenters. The van der Waals surface area contributed by atoms with E-state index in [-0.39, 0.29) is 23.1 Å². The molecule has 1 saturated carbocycles. The number of aliphatic hydroxyl groups is 2. The van der Waals surface area contributed by atoms with E-state index in [0.29, 0.717) is 17.9 Å². The van der Waals surface area contributed by atoms with E-state index in [1.54, 1.807) is 0 Å². The summed E-state index contributed by atoms with van der Waals surface area (Å²) in [7, 11) is 3.94. The van der Waals surface area contributed by atoms with Crippen LogP contribution in [-0.4, -0.2) is 63.6 Å². The number of nitrogen functional groups attached to an aromatic ring is 1. The Kier molecular flexibility index (Phi) is 4.48. The van der Waals surface area contributed by atoms with E-state index in [1.807, 2.05) is 25.1 Å². The maximum Gasteiger partial charge on any atom is 0.292 e. The molecule has 0 radical (unpaired) electrons. The Labute approximate surface area is 211 Å².